The van der Waals surface area contributed by atoms with Crippen molar-refractivity contribution >= 4 is 12.3 Å². The van der Waals surface area contributed by atoms with Gasteiger partial charge in [-0.15, -0.1) is 0 Å². The first-order chi connectivity index (χ1) is 9.24. The number of hydrogen-bond donors (Lipinski definition) is 0. The zero-order chi connectivity index (χ0) is 13.7. The number of carbonyl (C=O) groups excluding carboxylic acids is 2. The Hall–Kier alpha value is -2.62. The molecule has 0 aliphatic carbocycles. The van der Waals surface area contributed by atoms with Crippen LogP contribution in [0.4, 0.5) is 0 Å². The molecule has 2 rings (SSSR count). The van der Waals surface area contributed by atoms with Crippen LogP contribution < -0.4 is 0 Å². The molecule has 1 heterocycles. The lowest BCUT2D eigenvalue weighted by molar-refractivity contribution is 0.0549. The summed E-state index contributed by atoms with van der Waals surface area (Å²) in [5.41, 5.74) is 1.13. The molecule has 4 nitrogen and oxygen atoms in total. The molecule has 0 atom stereocenters. The predicted molar refractivity (Wildman–Crippen MR) is 70.0 cm³/mol. The lowest BCUT2D eigenvalue weighted by Gasteiger charge is -2.03. The third kappa shape index (κ3) is 2.98. The van der Waals surface area contributed by atoms with E-state index in [0.29, 0.717) is 23.2 Å². The zero-order valence-electron chi connectivity index (χ0n) is 10.2. The monoisotopic (exact) mass is 256 g/mol. The quantitative estimate of drug-likeness (QED) is 0.468. The van der Waals surface area contributed by atoms with E-state index in [0.717, 1.165) is 0 Å². The summed E-state index contributed by atoms with van der Waals surface area (Å²) in [6.07, 6.45) is 2.14. The van der Waals surface area contributed by atoms with E-state index in [2.05, 4.69) is 6.58 Å². The van der Waals surface area contributed by atoms with Gasteiger partial charge in [0.1, 0.15) is 12.4 Å². The van der Waals surface area contributed by atoms with Crippen LogP contribution in [0.2, 0.25) is 0 Å². The summed E-state index contributed by atoms with van der Waals surface area (Å²) in [7, 11) is 0. The predicted octanol–water partition coefficient (Wildman–Crippen LogP) is 3.10. The third-order valence-electron chi connectivity index (χ3n) is 2.46. The van der Waals surface area contributed by atoms with Crippen LogP contribution in [0.3, 0.4) is 0 Å². The molecule has 0 amide bonds. The second-order valence-corrected chi connectivity index (χ2v) is 3.79. The van der Waals surface area contributed by atoms with Crippen molar-refractivity contribution in [1.29, 1.82) is 0 Å². The summed E-state index contributed by atoms with van der Waals surface area (Å²) in [6.45, 7) is 3.64. The Kier molecular flexibility index (Phi) is 3.93. The maximum Gasteiger partial charge on any atom is 0.338 e. The summed E-state index contributed by atoms with van der Waals surface area (Å²) in [6, 6.07) is 10.1. The number of rotatable bonds is 5. The van der Waals surface area contributed by atoms with Crippen molar-refractivity contribution < 1.29 is 18.7 Å². The molecule has 0 radical (unpaired) electrons. The van der Waals surface area contributed by atoms with Gasteiger partial charge in [-0.2, -0.15) is 0 Å². The molecule has 0 bridgehead atoms. The van der Waals surface area contributed by atoms with Gasteiger partial charge in [-0.25, -0.2) is 4.79 Å². The number of carbonyl (C=O) groups is 2. The van der Waals surface area contributed by atoms with Gasteiger partial charge in [0.15, 0.2) is 12.0 Å². The molecule has 4 heteroatoms. The van der Waals surface area contributed by atoms with Gasteiger partial charge in [-0.1, -0.05) is 24.8 Å². The van der Waals surface area contributed by atoms with Crippen molar-refractivity contribution in [2.24, 2.45) is 0 Å². The first kappa shape index (κ1) is 12.8. The topological polar surface area (TPSA) is 56.5 Å². The van der Waals surface area contributed by atoms with Crippen molar-refractivity contribution in [1.82, 2.24) is 0 Å². The molecule has 0 saturated carbocycles. The van der Waals surface area contributed by atoms with Crippen LogP contribution in [-0.4, -0.2) is 18.9 Å². The lowest BCUT2D eigenvalue weighted by Crippen LogP contribution is -2.04. The van der Waals surface area contributed by atoms with Crippen LogP contribution in [0.25, 0.3) is 11.3 Å². The summed E-state index contributed by atoms with van der Waals surface area (Å²) in [5.74, 6) is 0.346. The van der Waals surface area contributed by atoms with Crippen molar-refractivity contribution in [2.75, 3.05) is 6.61 Å². The average molecular weight is 256 g/mol. The van der Waals surface area contributed by atoms with Crippen molar-refractivity contribution in [2.45, 2.75) is 0 Å². The van der Waals surface area contributed by atoms with Crippen LogP contribution in [0.15, 0.2) is 53.5 Å². The minimum atomic E-state index is -0.427. The van der Waals surface area contributed by atoms with Crippen molar-refractivity contribution in [3.63, 3.8) is 0 Å². The molecular weight excluding hydrogens is 244 g/mol. The zero-order valence-corrected chi connectivity index (χ0v) is 10.2. The van der Waals surface area contributed by atoms with Gasteiger partial charge in [0.2, 0.25) is 0 Å². The average Bonchev–Trinajstić information content (AvgIpc) is 2.94. The summed E-state index contributed by atoms with van der Waals surface area (Å²) in [5, 5.41) is 0. The fraction of sp³-hybridized carbons (Fsp3) is 0.0667. The molecule has 2 aromatic rings. The van der Waals surface area contributed by atoms with Gasteiger partial charge in [0.05, 0.1) is 5.56 Å². The number of aldehydes is 1. The van der Waals surface area contributed by atoms with Gasteiger partial charge in [-0.3, -0.25) is 4.79 Å². The Labute approximate surface area is 110 Å². The van der Waals surface area contributed by atoms with Crippen LogP contribution in [0, 0.1) is 0 Å². The maximum absolute atomic E-state index is 11.7. The van der Waals surface area contributed by atoms with E-state index in [1.54, 1.807) is 36.4 Å². The molecule has 0 aliphatic rings. The van der Waals surface area contributed by atoms with E-state index in [1.807, 2.05) is 0 Å². The standard InChI is InChI=1S/C15H12O4/c1-2-8-18-15(17)12-5-3-4-11(9-12)14-7-6-13(10-16)19-14/h2-7,9-10H,1,8H2. The summed E-state index contributed by atoms with van der Waals surface area (Å²) in [4.78, 5) is 22.3. The summed E-state index contributed by atoms with van der Waals surface area (Å²) >= 11 is 0. The second-order valence-electron chi connectivity index (χ2n) is 3.79. The smallest absolute Gasteiger partial charge is 0.338 e. The van der Waals surface area contributed by atoms with Gasteiger partial charge >= 0.3 is 5.97 Å². The highest BCUT2D eigenvalue weighted by atomic mass is 16.5. The highest BCUT2D eigenvalue weighted by Gasteiger charge is 2.10. The fourth-order valence-corrected chi connectivity index (χ4v) is 1.59. The van der Waals surface area contributed by atoms with Gasteiger partial charge in [-0.05, 0) is 24.3 Å². The van der Waals surface area contributed by atoms with Gasteiger partial charge in [0.25, 0.3) is 0 Å². The van der Waals surface area contributed by atoms with E-state index in [-0.39, 0.29) is 12.4 Å². The lowest BCUT2D eigenvalue weighted by atomic mass is 10.1. The summed E-state index contributed by atoms with van der Waals surface area (Å²) < 4.78 is 10.2. The molecule has 0 unspecified atom stereocenters. The Morgan fingerprint density at radius 1 is 1.32 bits per heavy atom. The number of benzene rings is 1. The molecule has 19 heavy (non-hydrogen) atoms. The first-order valence-electron chi connectivity index (χ1n) is 5.68. The number of furan rings is 1. The Morgan fingerprint density at radius 3 is 2.84 bits per heavy atom. The molecule has 0 fully saturated rings. The van der Waals surface area contributed by atoms with Gasteiger partial charge < -0.3 is 9.15 Å². The Bertz CT molecular complexity index is 610. The normalized spacial score (nSPS) is 9.89. The largest absolute Gasteiger partial charge is 0.458 e. The van der Waals surface area contributed by atoms with E-state index in [1.165, 1.54) is 6.08 Å². The van der Waals surface area contributed by atoms with Crippen LogP contribution in [0.1, 0.15) is 20.9 Å². The van der Waals surface area contributed by atoms with E-state index >= 15 is 0 Å². The minimum absolute atomic E-state index is 0.166. The maximum atomic E-state index is 11.7. The van der Waals surface area contributed by atoms with E-state index in [9.17, 15) is 9.59 Å². The Morgan fingerprint density at radius 2 is 2.16 bits per heavy atom. The SMILES string of the molecule is C=CCOC(=O)c1cccc(-c2ccc(C=O)o2)c1. The molecule has 96 valence electrons. The van der Waals surface area contributed by atoms with Crippen LogP contribution in [-0.2, 0) is 4.74 Å². The third-order valence-corrected chi connectivity index (χ3v) is 2.46. The first-order valence-corrected chi connectivity index (χ1v) is 5.68. The van der Waals surface area contributed by atoms with Crippen molar-refractivity contribution in [3.05, 3.63) is 60.4 Å². The van der Waals surface area contributed by atoms with Crippen LogP contribution in [0.5, 0.6) is 0 Å². The fourth-order valence-electron chi connectivity index (χ4n) is 1.59. The molecule has 0 aliphatic heterocycles. The molecule has 0 saturated heterocycles. The Balaban J connectivity index is 2.25. The minimum Gasteiger partial charge on any atom is -0.458 e. The highest BCUT2D eigenvalue weighted by Crippen LogP contribution is 2.22. The second kappa shape index (κ2) is 5.82. The molecule has 1 aromatic carbocycles. The van der Waals surface area contributed by atoms with Crippen LogP contribution >= 0.6 is 0 Å². The number of ether oxygens (including phenoxy) is 1. The van der Waals surface area contributed by atoms with Crippen molar-refractivity contribution in [3.8, 4) is 11.3 Å². The highest BCUT2D eigenvalue weighted by molar-refractivity contribution is 5.91. The van der Waals surface area contributed by atoms with E-state index in [4.69, 9.17) is 9.15 Å². The van der Waals surface area contributed by atoms with Gasteiger partial charge in [0, 0.05) is 5.56 Å². The number of esters is 1. The molecule has 1 aromatic heterocycles. The van der Waals surface area contributed by atoms with E-state index < -0.39 is 5.97 Å². The molecule has 0 spiro atoms. The molecule has 0 N–H and O–H groups in total. The molecular formula is C15H12O4. The number of hydrogen-bond acceptors (Lipinski definition) is 4.